The van der Waals surface area contributed by atoms with Crippen LogP contribution in [0.25, 0.3) is 0 Å². The van der Waals surface area contributed by atoms with Crippen LogP contribution in [0.1, 0.15) is 49.1 Å². The zero-order valence-corrected chi connectivity index (χ0v) is 13.3. The van der Waals surface area contributed by atoms with Gasteiger partial charge < -0.3 is 0 Å². The van der Waals surface area contributed by atoms with Crippen LogP contribution in [0.15, 0.2) is 12.1 Å². The van der Waals surface area contributed by atoms with Crippen molar-refractivity contribution in [3.63, 3.8) is 0 Å². The molecule has 1 nitrogen and oxygen atoms in total. The first-order chi connectivity index (χ1) is 9.15. The second kappa shape index (κ2) is 6.29. The molecule has 1 aliphatic rings. The summed E-state index contributed by atoms with van der Waals surface area (Å²) in [6.07, 6.45) is 5.66. The minimum Gasteiger partial charge on any atom is -0.205 e. The van der Waals surface area contributed by atoms with Crippen molar-refractivity contribution in [3.05, 3.63) is 34.9 Å². The Hall–Kier alpha value is -1.21. The van der Waals surface area contributed by atoms with E-state index in [2.05, 4.69) is 0 Å². The molecule has 19 heavy (non-hydrogen) atoms. The summed E-state index contributed by atoms with van der Waals surface area (Å²) in [5.74, 6) is -0.387. The molecule has 0 amide bonds. The molecule has 0 atom stereocenters. The van der Waals surface area contributed by atoms with Gasteiger partial charge in [-0.2, -0.15) is 5.26 Å². The Kier molecular flexibility index (Phi) is 4.70. The molecule has 0 aromatic heterocycles. The topological polar surface area (TPSA) is 23.8 Å². The highest BCUT2D eigenvalue weighted by Crippen LogP contribution is 2.38. The summed E-state index contributed by atoms with van der Waals surface area (Å²) in [4.78, 5) is 0. The van der Waals surface area contributed by atoms with Crippen molar-refractivity contribution in [1.29, 1.82) is 5.26 Å². The molecule has 0 spiro atoms. The molecular weight excluding hydrogens is 260 g/mol. The van der Waals surface area contributed by atoms with Crippen molar-refractivity contribution in [2.75, 3.05) is 0 Å². The van der Waals surface area contributed by atoms with Crippen molar-refractivity contribution in [2.45, 2.75) is 44.1 Å². The number of nitrogens with zero attached hydrogens (tertiary/aromatic N) is 1. The number of rotatable bonds is 3. The molecule has 1 aliphatic carbocycles. The second-order valence-electron chi connectivity index (χ2n) is 5.48. The molecule has 102 valence electrons. The third-order valence-corrected chi connectivity index (χ3v) is 4.77. The summed E-state index contributed by atoms with van der Waals surface area (Å²) < 4.78 is 27.2. The van der Waals surface area contributed by atoms with E-state index in [9.17, 15) is 8.78 Å². The van der Waals surface area contributed by atoms with Gasteiger partial charge in [-0.15, -0.1) is 0 Å². The highest BCUT2D eigenvalue weighted by atomic mass is 28.1. The van der Waals surface area contributed by atoms with E-state index in [0.717, 1.165) is 37.2 Å². The van der Waals surface area contributed by atoms with Crippen molar-refractivity contribution in [2.24, 2.45) is 5.92 Å². The third-order valence-electron chi connectivity index (χ3n) is 4.19. The number of halogens is 2. The Morgan fingerprint density at radius 2 is 1.74 bits per heavy atom. The van der Waals surface area contributed by atoms with Crippen LogP contribution in [0, 0.1) is 28.9 Å². The average molecular weight is 279 g/mol. The summed E-state index contributed by atoms with van der Waals surface area (Å²) in [7, 11) is 1.26. The summed E-state index contributed by atoms with van der Waals surface area (Å²) in [6.45, 7) is 0. The van der Waals surface area contributed by atoms with Crippen LogP contribution in [0.4, 0.5) is 8.78 Å². The van der Waals surface area contributed by atoms with Gasteiger partial charge >= 0.3 is 0 Å². The van der Waals surface area contributed by atoms with Crippen LogP contribution >= 0.6 is 0 Å². The van der Waals surface area contributed by atoms with Gasteiger partial charge in [-0.1, -0.05) is 12.5 Å². The van der Waals surface area contributed by atoms with Crippen LogP contribution in [-0.2, 0) is 0 Å². The van der Waals surface area contributed by atoms with E-state index in [1.807, 2.05) is 0 Å². The van der Waals surface area contributed by atoms with Gasteiger partial charge in [0.25, 0.3) is 0 Å². The number of nitriles is 1. The van der Waals surface area contributed by atoms with Gasteiger partial charge in [-0.25, -0.2) is 8.78 Å². The molecule has 0 N–H and O–H groups in total. The first-order valence-corrected chi connectivity index (χ1v) is 8.46. The molecule has 0 radical (unpaired) electrons. The van der Waals surface area contributed by atoms with Crippen LogP contribution in [0.5, 0.6) is 0 Å². The third kappa shape index (κ3) is 3.22. The Morgan fingerprint density at radius 1 is 1.16 bits per heavy atom. The Morgan fingerprint density at radius 3 is 2.21 bits per heavy atom. The summed E-state index contributed by atoms with van der Waals surface area (Å²) in [5.41, 5.74) is 0.256. The highest BCUT2D eigenvalue weighted by molar-refractivity contribution is 6.08. The predicted molar refractivity (Wildman–Crippen MR) is 75.1 cm³/mol. The second-order valence-corrected chi connectivity index (χ2v) is 6.48. The van der Waals surface area contributed by atoms with Crippen molar-refractivity contribution >= 4 is 10.2 Å². The standard InChI is InChI=1S/C15H19F2NSi/c16-14-7-12(8-15(17)13(14)9-18)11-3-1-10(2-4-11)5-6-19/h7-8,10-11H,1-6H2,19H3. The van der Waals surface area contributed by atoms with E-state index in [4.69, 9.17) is 5.26 Å². The first-order valence-electron chi connectivity index (χ1n) is 7.04. The van der Waals surface area contributed by atoms with E-state index >= 15 is 0 Å². The van der Waals surface area contributed by atoms with Crippen LogP contribution in [0.3, 0.4) is 0 Å². The SMILES string of the molecule is N#Cc1c(F)cc(C2CCC(CC[SiH3])CC2)cc1F. The smallest absolute Gasteiger partial charge is 0.144 e. The fraction of sp³-hybridized carbons (Fsp3) is 0.533. The van der Waals surface area contributed by atoms with Crippen LogP contribution in [-0.4, -0.2) is 10.2 Å². The molecule has 1 aromatic rings. The lowest BCUT2D eigenvalue weighted by molar-refractivity contribution is 0.318. The van der Waals surface area contributed by atoms with Crippen LogP contribution in [0.2, 0.25) is 6.04 Å². The summed E-state index contributed by atoms with van der Waals surface area (Å²) in [5, 5.41) is 8.67. The molecule has 0 unspecified atom stereocenters. The summed E-state index contributed by atoms with van der Waals surface area (Å²) >= 11 is 0. The Bertz CT molecular complexity index is 464. The highest BCUT2D eigenvalue weighted by Gasteiger charge is 2.23. The van der Waals surface area contributed by atoms with E-state index in [1.165, 1.54) is 34.8 Å². The lowest BCUT2D eigenvalue weighted by Gasteiger charge is -2.28. The fourth-order valence-electron chi connectivity index (χ4n) is 3.13. The molecule has 1 aromatic carbocycles. The molecule has 0 saturated heterocycles. The molecule has 2 rings (SSSR count). The van der Waals surface area contributed by atoms with Crippen LogP contribution < -0.4 is 0 Å². The van der Waals surface area contributed by atoms with E-state index < -0.39 is 17.2 Å². The van der Waals surface area contributed by atoms with E-state index in [-0.39, 0.29) is 5.92 Å². The quantitative estimate of drug-likeness (QED) is 0.779. The van der Waals surface area contributed by atoms with Crippen molar-refractivity contribution in [1.82, 2.24) is 0 Å². The van der Waals surface area contributed by atoms with Gasteiger partial charge in [-0.05, 0) is 55.2 Å². The van der Waals surface area contributed by atoms with Gasteiger partial charge in [0.2, 0.25) is 0 Å². The fourth-order valence-corrected chi connectivity index (χ4v) is 3.94. The van der Waals surface area contributed by atoms with E-state index in [1.54, 1.807) is 6.07 Å². The summed E-state index contributed by atoms with van der Waals surface area (Å²) in [6, 6.07) is 5.61. The monoisotopic (exact) mass is 279 g/mol. The maximum Gasteiger partial charge on any atom is 0.144 e. The van der Waals surface area contributed by atoms with Gasteiger partial charge in [0, 0.05) is 10.2 Å². The molecule has 4 heteroatoms. The van der Waals surface area contributed by atoms with Gasteiger partial charge in [0.05, 0.1) is 0 Å². The lowest BCUT2D eigenvalue weighted by atomic mass is 9.77. The van der Waals surface area contributed by atoms with Gasteiger partial charge in [0.15, 0.2) is 0 Å². The Balaban J connectivity index is 2.10. The first kappa shape index (κ1) is 14.2. The molecule has 0 aliphatic heterocycles. The van der Waals surface area contributed by atoms with Gasteiger partial charge in [-0.3, -0.25) is 0 Å². The van der Waals surface area contributed by atoms with Gasteiger partial charge in [0.1, 0.15) is 23.3 Å². The zero-order valence-electron chi connectivity index (χ0n) is 11.3. The molecule has 0 bridgehead atoms. The number of hydrogen-bond acceptors (Lipinski definition) is 1. The average Bonchev–Trinajstić information content (AvgIpc) is 2.39. The number of benzene rings is 1. The maximum absolute atomic E-state index is 13.6. The minimum absolute atomic E-state index is 0.252. The minimum atomic E-state index is -0.723. The molecule has 1 saturated carbocycles. The normalized spacial score (nSPS) is 23.2. The molecule has 1 fully saturated rings. The lowest BCUT2D eigenvalue weighted by Crippen LogP contribution is -2.14. The Labute approximate surface area is 116 Å². The largest absolute Gasteiger partial charge is 0.205 e. The number of hydrogen-bond donors (Lipinski definition) is 0. The van der Waals surface area contributed by atoms with E-state index in [0.29, 0.717) is 0 Å². The zero-order chi connectivity index (χ0) is 13.8. The van der Waals surface area contributed by atoms with Crippen molar-refractivity contribution in [3.8, 4) is 6.07 Å². The maximum atomic E-state index is 13.6. The predicted octanol–water partition coefficient (Wildman–Crippen LogP) is 3.28. The molecular formula is C15H19F2NSi. The molecule has 0 heterocycles. The van der Waals surface area contributed by atoms with Crippen molar-refractivity contribution < 1.29 is 8.78 Å².